The summed E-state index contributed by atoms with van der Waals surface area (Å²) in [5.41, 5.74) is 0. The monoisotopic (exact) mass is 154 g/mol. The third-order valence-corrected chi connectivity index (χ3v) is 0.928. The quantitative estimate of drug-likeness (QED) is 0.488. The molecule has 0 aliphatic carbocycles. The second kappa shape index (κ2) is 6.99. The summed E-state index contributed by atoms with van der Waals surface area (Å²) in [7, 11) is 0. The Labute approximate surface area is 67.3 Å². The standard InChI is InChI=1S/C8H14N2O/c1-3-5-10-8(7-9)11-6-4-2/h3,5,7,9H,4,6H2,1-2H3/b5-3-,9-7?,10-8+. The smallest absolute Gasteiger partial charge is 0.231 e. The highest BCUT2D eigenvalue weighted by atomic mass is 16.5. The molecule has 1 N–H and O–H groups in total. The first-order valence-corrected chi connectivity index (χ1v) is 3.67. The van der Waals surface area contributed by atoms with E-state index < -0.39 is 0 Å². The third kappa shape index (κ3) is 5.33. The Hall–Kier alpha value is -1.12. The summed E-state index contributed by atoms with van der Waals surface area (Å²) in [5, 5.41) is 6.90. The third-order valence-electron chi connectivity index (χ3n) is 0.928. The molecule has 0 rings (SSSR count). The molecule has 3 heteroatoms. The van der Waals surface area contributed by atoms with Crippen molar-refractivity contribution >= 4 is 12.1 Å². The average Bonchev–Trinajstić information content (AvgIpc) is 2.05. The maximum Gasteiger partial charge on any atom is 0.231 e. The van der Waals surface area contributed by atoms with Crippen LogP contribution in [-0.2, 0) is 4.74 Å². The highest BCUT2D eigenvalue weighted by molar-refractivity contribution is 6.25. The largest absolute Gasteiger partial charge is 0.477 e. The van der Waals surface area contributed by atoms with Crippen molar-refractivity contribution in [2.24, 2.45) is 4.99 Å². The van der Waals surface area contributed by atoms with Crippen LogP contribution in [0.5, 0.6) is 0 Å². The van der Waals surface area contributed by atoms with Crippen molar-refractivity contribution in [2.75, 3.05) is 6.61 Å². The minimum absolute atomic E-state index is 0.366. The first-order valence-electron chi connectivity index (χ1n) is 3.67. The molecular formula is C8H14N2O. The molecule has 3 nitrogen and oxygen atoms in total. The number of nitrogens with one attached hydrogen (secondary N) is 1. The normalized spacial score (nSPS) is 12.0. The lowest BCUT2D eigenvalue weighted by molar-refractivity contribution is 0.311. The lowest BCUT2D eigenvalue weighted by atomic mass is 10.5. The van der Waals surface area contributed by atoms with Crippen LogP contribution in [0.4, 0.5) is 0 Å². The van der Waals surface area contributed by atoms with E-state index in [1.807, 2.05) is 13.8 Å². The van der Waals surface area contributed by atoms with Crippen molar-refractivity contribution in [1.82, 2.24) is 0 Å². The number of ether oxygens (including phenoxy) is 1. The van der Waals surface area contributed by atoms with Gasteiger partial charge in [0.15, 0.2) is 0 Å². The Balaban J connectivity index is 3.83. The maximum atomic E-state index is 6.90. The van der Waals surface area contributed by atoms with Gasteiger partial charge < -0.3 is 10.1 Å². The van der Waals surface area contributed by atoms with Crippen molar-refractivity contribution in [2.45, 2.75) is 20.3 Å². The topological polar surface area (TPSA) is 45.4 Å². The van der Waals surface area contributed by atoms with Gasteiger partial charge in [0, 0.05) is 6.20 Å². The highest BCUT2D eigenvalue weighted by Crippen LogP contribution is 1.84. The zero-order valence-electron chi connectivity index (χ0n) is 7.00. The van der Waals surface area contributed by atoms with E-state index in [1.54, 1.807) is 12.3 Å². The Kier molecular flexibility index (Phi) is 6.28. The van der Waals surface area contributed by atoms with Crippen molar-refractivity contribution < 1.29 is 4.74 Å². The lowest BCUT2D eigenvalue weighted by Crippen LogP contribution is -2.05. The van der Waals surface area contributed by atoms with Crippen LogP contribution in [0.2, 0.25) is 0 Å². The van der Waals surface area contributed by atoms with Crippen LogP contribution >= 0.6 is 0 Å². The molecule has 0 aromatic carbocycles. The van der Waals surface area contributed by atoms with Gasteiger partial charge in [-0.1, -0.05) is 13.0 Å². The molecule has 0 atom stereocenters. The van der Waals surface area contributed by atoms with Crippen LogP contribution in [0.3, 0.4) is 0 Å². The van der Waals surface area contributed by atoms with Gasteiger partial charge in [0.1, 0.15) is 0 Å². The van der Waals surface area contributed by atoms with E-state index in [-0.39, 0.29) is 0 Å². The van der Waals surface area contributed by atoms with Gasteiger partial charge >= 0.3 is 0 Å². The fraction of sp³-hybridized carbons (Fsp3) is 0.500. The fourth-order valence-electron chi connectivity index (χ4n) is 0.471. The van der Waals surface area contributed by atoms with E-state index in [0.29, 0.717) is 12.5 Å². The Morgan fingerprint density at radius 1 is 1.64 bits per heavy atom. The molecule has 0 aromatic rings. The van der Waals surface area contributed by atoms with Crippen LogP contribution in [0.25, 0.3) is 0 Å². The molecule has 0 aliphatic heterocycles. The number of rotatable bonds is 4. The fourth-order valence-corrected chi connectivity index (χ4v) is 0.471. The van der Waals surface area contributed by atoms with E-state index >= 15 is 0 Å². The van der Waals surface area contributed by atoms with Gasteiger partial charge in [-0.05, 0) is 13.3 Å². The molecule has 0 aliphatic rings. The van der Waals surface area contributed by atoms with Crippen LogP contribution in [-0.4, -0.2) is 18.7 Å². The number of hydrogen-bond donors (Lipinski definition) is 1. The average molecular weight is 154 g/mol. The Bertz CT molecular complexity index is 161. The summed E-state index contributed by atoms with van der Waals surface area (Å²) in [4.78, 5) is 3.87. The minimum Gasteiger partial charge on any atom is -0.477 e. The van der Waals surface area contributed by atoms with Crippen LogP contribution in [0, 0.1) is 5.41 Å². The van der Waals surface area contributed by atoms with E-state index in [9.17, 15) is 0 Å². The van der Waals surface area contributed by atoms with Crippen molar-refractivity contribution in [3.05, 3.63) is 12.3 Å². The van der Waals surface area contributed by atoms with Gasteiger partial charge in [0.2, 0.25) is 5.90 Å². The number of aliphatic imine (C=N–C) groups is 1. The second-order valence-electron chi connectivity index (χ2n) is 1.94. The van der Waals surface area contributed by atoms with Gasteiger partial charge in [0.25, 0.3) is 0 Å². The number of nitrogens with zero attached hydrogens (tertiary/aromatic N) is 1. The molecule has 0 unspecified atom stereocenters. The SMILES string of the molecule is C/C=C\N=C(/C=N)OCCC. The van der Waals surface area contributed by atoms with E-state index in [0.717, 1.165) is 12.6 Å². The summed E-state index contributed by atoms with van der Waals surface area (Å²) in [6.45, 7) is 4.49. The molecule has 62 valence electrons. The highest BCUT2D eigenvalue weighted by Gasteiger charge is 1.90. The first-order chi connectivity index (χ1) is 5.35. The molecule has 0 saturated carbocycles. The molecule has 11 heavy (non-hydrogen) atoms. The summed E-state index contributed by atoms with van der Waals surface area (Å²) in [6, 6.07) is 0. The molecular weight excluding hydrogens is 140 g/mol. The molecule has 0 saturated heterocycles. The van der Waals surface area contributed by atoms with Crippen molar-refractivity contribution in [3.63, 3.8) is 0 Å². The van der Waals surface area contributed by atoms with Crippen LogP contribution < -0.4 is 0 Å². The van der Waals surface area contributed by atoms with Crippen LogP contribution in [0.1, 0.15) is 20.3 Å². The zero-order valence-corrected chi connectivity index (χ0v) is 7.00. The molecule has 0 heterocycles. The molecule has 0 aromatic heterocycles. The summed E-state index contributed by atoms with van der Waals surface area (Å²) in [5.74, 6) is 0.366. The Morgan fingerprint density at radius 3 is 2.82 bits per heavy atom. The summed E-state index contributed by atoms with van der Waals surface area (Å²) in [6.07, 6.45) is 5.44. The molecule has 0 amide bonds. The summed E-state index contributed by atoms with van der Waals surface area (Å²) < 4.78 is 5.10. The maximum absolute atomic E-state index is 6.90. The van der Waals surface area contributed by atoms with Gasteiger partial charge in [-0.25, -0.2) is 4.99 Å². The Morgan fingerprint density at radius 2 is 2.36 bits per heavy atom. The van der Waals surface area contributed by atoms with Gasteiger partial charge in [-0.15, -0.1) is 0 Å². The van der Waals surface area contributed by atoms with E-state index in [4.69, 9.17) is 10.1 Å². The second-order valence-corrected chi connectivity index (χ2v) is 1.94. The van der Waals surface area contributed by atoms with Gasteiger partial charge in [-0.3, -0.25) is 0 Å². The van der Waals surface area contributed by atoms with E-state index in [2.05, 4.69) is 4.99 Å². The van der Waals surface area contributed by atoms with Gasteiger partial charge in [-0.2, -0.15) is 0 Å². The molecule has 0 fully saturated rings. The minimum atomic E-state index is 0.366. The zero-order chi connectivity index (χ0) is 8.53. The predicted octanol–water partition coefficient (Wildman–Crippen LogP) is 1.99. The molecule has 0 bridgehead atoms. The van der Waals surface area contributed by atoms with E-state index in [1.165, 1.54) is 0 Å². The number of hydrogen-bond acceptors (Lipinski definition) is 3. The number of allylic oxidation sites excluding steroid dienone is 1. The summed E-state index contributed by atoms with van der Waals surface area (Å²) >= 11 is 0. The van der Waals surface area contributed by atoms with Crippen molar-refractivity contribution in [1.29, 1.82) is 5.41 Å². The van der Waals surface area contributed by atoms with Crippen molar-refractivity contribution in [3.8, 4) is 0 Å². The lowest BCUT2D eigenvalue weighted by Gasteiger charge is -2.00. The van der Waals surface area contributed by atoms with Crippen LogP contribution in [0.15, 0.2) is 17.3 Å². The first kappa shape index (κ1) is 9.88. The molecule has 0 radical (unpaired) electrons. The van der Waals surface area contributed by atoms with Gasteiger partial charge in [0.05, 0.1) is 12.8 Å². The molecule has 0 spiro atoms. The predicted molar refractivity (Wildman–Crippen MR) is 47.3 cm³/mol.